The van der Waals surface area contributed by atoms with Crippen LogP contribution in [0.1, 0.15) is 21.7 Å². The van der Waals surface area contributed by atoms with Gasteiger partial charge in [0, 0.05) is 18.0 Å². The molecule has 36 heavy (non-hydrogen) atoms. The van der Waals surface area contributed by atoms with Crippen molar-refractivity contribution in [1.29, 1.82) is 0 Å². The summed E-state index contributed by atoms with van der Waals surface area (Å²) in [6, 6.07) is 15.5. The molecule has 8 nitrogen and oxygen atoms in total. The number of halogens is 3. The quantitative estimate of drug-likeness (QED) is 0.403. The molecule has 2 heterocycles. The van der Waals surface area contributed by atoms with Gasteiger partial charge in [0.25, 0.3) is 5.91 Å². The first-order valence-corrected chi connectivity index (χ1v) is 10.5. The van der Waals surface area contributed by atoms with E-state index in [0.717, 1.165) is 16.8 Å². The second-order valence-electron chi connectivity index (χ2n) is 7.51. The molecule has 2 aromatic heterocycles. The summed E-state index contributed by atoms with van der Waals surface area (Å²) < 4.78 is 52.4. The molecule has 0 radical (unpaired) electrons. The molecule has 0 atom stereocenters. The molecule has 0 saturated heterocycles. The summed E-state index contributed by atoms with van der Waals surface area (Å²) in [6.45, 7) is 1.42. The molecule has 1 N–H and O–H groups in total. The summed E-state index contributed by atoms with van der Waals surface area (Å²) in [5.74, 6) is 0.118. The molecule has 11 heteroatoms. The van der Waals surface area contributed by atoms with Gasteiger partial charge in [-0.25, -0.2) is 9.67 Å². The smallest absolute Gasteiger partial charge is 0.418 e. The zero-order chi connectivity index (χ0) is 25.9. The first-order chi connectivity index (χ1) is 17.2. The Morgan fingerprint density at radius 3 is 2.39 bits per heavy atom. The van der Waals surface area contributed by atoms with Gasteiger partial charge in [-0.05, 0) is 55.5 Å². The first-order valence-electron chi connectivity index (χ1n) is 10.5. The number of nitrogens with zero attached hydrogens (tertiary/aromatic N) is 3. The van der Waals surface area contributed by atoms with E-state index in [-0.39, 0.29) is 22.9 Å². The third-order valence-corrected chi connectivity index (χ3v) is 5.05. The number of methoxy groups -OCH3 is 1. The largest absolute Gasteiger partial charge is 0.497 e. The highest BCUT2D eigenvalue weighted by atomic mass is 19.4. The standard InChI is InChI=1S/C25H19F3N4O4/c1-15-14-21(33)22(31-32(15)20-8-4-3-6-18(20)25(26,27)28)23(34)30-19-7-5-13-29-24(19)36-17-11-9-16(35-2)10-12-17/h3-14H,1-2H3,(H,30,34). The highest BCUT2D eigenvalue weighted by Gasteiger charge is 2.34. The van der Waals surface area contributed by atoms with Gasteiger partial charge in [-0.2, -0.15) is 18.3 Å². The van der Waals surface area contributed by atoms with Crippen LogP contribution < -0.4 is 20.2 Å². The van der Waals surface area contributed by atoms with E-state index < -0.39 is 28.8 Å². The number of benzene rings is 2. The Balaban J connectivity index is 1.67. The van der Waals surface area contributed by atoms with Crippen LogP contribution in [0.2, 0.25) is 0 Å². The number of aromatic nitrogens is 3. The fourth-order valence-electron chi connectivity index (χ4n) is 3.35. The molecule has 0 saturated carbocycles. The number of hydrogen-bond donors (Lipinski definition) is 1. The van der Waals surface area contributed by atoms with E-state index in [1.807, 2.05) is 0 Å². The number of amides is 1. The Morgan fingerprint density at radius 1 is 1.00 bits per heavy atom. The van der Waals surface area contributed by atoms with Crippen LogP contribution in [-0.4, -0.2) is 27.8 Å². The van der Waals surface area contributed by atoms with Gasteiger partial charge in [-0.15, -0.1) is 0 Å². The van der Waals surface area contributed by atoms with Crippen molar-refractivity contribution in [3.63, 3.8) is 0 Å². The minimum Gasteiger partial charge on any atom is -0.497 e. The molecule has 0 fully saturated rings. The molecule has 0 unspecified atom stereocenters. The van der Waals surface area contributed by atoms with Gasteiger partial charge < -0.3 is 14.8 Å². The number of ether oxygens (including phenoxy) is 2. The molecule has 2 aromatic carbocycles. The van der Waals surface area contributed by atoms with E-state index in [1.54, 1.807) is 24.3 Å². The molecule has 0 aliphatic rings. The van der Waals surface area contributed by atoms with E-state index in [2.05, 4.69) is 15.4 Å². The van der Waals surface area contributed by atoms with Crippen molar-refractivity contribution < 1.29 is 27.4 Å². The molecule has 4 aromatic rings. The highest BCUT2D eigenvalue weighted by molar-refractivity contribution is 6.03. The van der Waals surface area contributed by atoms with Crippen molar-refractivity contribution in [3.8, 4) is 23.1 Å². The van der Waals surface area contributed by atoms with Gasteiger partial charge >= 0.3 is 6.18 Å². The highest BCUT2D eigenvalue weighted by Crippen LogP contribution is 2.34. The number of alkyl halides is 3. The predicted octanol–water partition coefficient (Wildman–Crippen LogP) is 5.01. The number of pyridine rings is 1. The van der Waals surface area contributed by atoms with Crippen molar-refractivity contribution in [2.75, 3.05) is 12.4 Å². The molecule has 0 bridgehead atoms. The molecule has 0 aliphatic carbocycles. The monoisotopic (exact) mass is 496 g/mol. The molecular formula is C25H19F3N4O4. The van der Waals surface area contributed by atoms with E-state index in [4.69, 9.17) is 9.47 Å². The van der Waals surface area contributed by atoms with E-state index in [9.17, 15) is 22.8 Å². The topological polar surface area (TPSA) is 95.3 Å². The summed E-state index contributed by atoms with van der Waals surface area (Å²) in [4.78, 5) is 29.7. The zero-order valence-corrected chi connectivity index (χ0v) is 19.0. The molecule has 0 aliphatic heterocycles. The summed E-state index contributed by atoms with van der Waals surface area (Å²) >= 11 is 0. The van der Waals surface area contributed by atoms with Gasteiger partial charge in [-0.1, -0.05) is 12.1 Å². The van der Waals surface area contributed by atoms with Crippen LogP contribution >= 0.6 is 0 Å². The molecular weight excluding hydrogens is 477 g/mol. The van der Waals surface area contributed by atoms with E-state index in [0.29, 0.717) is 11.5 Å². The normalized spacial score (nSPS) is 11.1. The Morgan fingerprint density at radius 2 is 1.69 bits per heavy atom. The molecule has 0 spiro atoms. The van der Waals surface area contributed by atoms with E-state index in [1.165, 1.54) is 50.6 Å². The van der Waals surface area contributed by atoms with Crippen molar-refractivity contribution in [1.82, 2.24) is 14.8 Å². The maximum atomic E-state index is 13.5. The van der Waals surface area contributed by atoms with Gasteiger partial charge in [0.15, 0.2) is 5.69 Å². The molecule has 184 valence electrons. The van der Waals surface area contributed by atoms with Crippen molar-refractivity contribution >= 4 is 11.6 Å². The second kappa shape index (κ2) is 9.90. The predicted molar refractivity (Wildman–Crippen MR) is 125 cm³/mol. The average Bonchev–Trinajstić information content (AvgIpc) is 2.85. The number of para-hydroxylation sites is 1. The van der Waals surface area contributed by atoms with Gasteiger partial charge in [0.05, 0.1) is 18.4 Å². The van der Waals surface area contributed by atoms with Crippen LogP contribution in [0.25, 0.3) is 5.69 Å². The summed E-state index contributed by atoms with van der Waals surface area (Å²) in [7, 11) is 1.52. The maximum Gasteiger partial charge on any atom is 0.418 e. The van der Waals surface area contributed by atoms with Gasteiger partial charge in [0.1, 0.15) is 17.2 Å². The van der Waals surface area contributed by atoms with Crippen LogP contribution in [0.3, 0.4) is 0 Å². The van der Waals surface area contributed by atoms with Crippen molar-refractivity contribution in [2.24, 2.45) is 0 Å². The summed E-state index contributed by atoms with van der Waals surface area (Å²) in [6.07, 6.45) is -3.22. The zero-order valence-electron chi connectivity index (χ0n) is 19.0. The van der Waals surface area contributed by atoms with E-state index >= 15 is 0 Å². The van der Waals surface area contributed by atoms with Crippen LogP contribution in [-0.2, 0) is 6.18 Å². The minimum atomic E-state index is -4.67. The Kier molecular flexibility index (Phi) is 6.73. The lowest BCUT2D eigenvalue weighted by atomic mass is 10.1. The first kappa shape index (κ1) is 24.5. The van der Waals surface area contributed by atoms with Gasteiger partial charge in [-0.3, -0.25) is 9.59 Å². The fraction of sp³-hybridized carbons (Fsp3) is 0.120. The lowest BCUT2D eigenvalue weighted by Crippen LogP contribution is -2.27. The third kappa shape index (κ3) is 5.19. The Hall–Kier alpha value is -4.67. The van der Waals surface area contributed by atoms with Gasteiger partial charge in [0.2, 0.25) is 11.3 Å². The Labute approximate surface area is 202 Å². The van der Waals surface area contributed by atoms with Crippen LogP contribution in [0, 0.1) is 6.92 Å². The average molecular weight is 496 g/mol. The number of hydrogen-bond acceptors (Lipinski definition) is 6. The summed E-state index contributed by atoms with van der Waals surface area (Å²) in [5, 5.41) is 6.47. The lowest BCUT2D eigenvalue weighted by molar-refractivity contribution is -0.137. The maximum absolute atomic E-state index is 13.5. The number of carbonyl (C=O) groups excluding carboxylic acids is 1. The molecule has 1 amide bonds. The third-order valence-electron chi connectivity index (χ3n) is 5.05. The molecule has 4 rings (SSSR count). The number of carbonyl (C=O) groups is 1. The number of anilines is 1. The SMILES string of the molecule is COc1ccc(Oc2ncccc2NC(=O)c2nn(-c3ccccc3C(F)(F)F)c(C)cc2=O)cc1. The van der Waals surface area contributed by atoms with Crippen LogP contribution in [0.4, 0.5) is 18.9 Å². The van der Waals surface area contributed by atoms with Crippen molar-refractivity contribution in [2.45, 2.75) is 13.1 Å². The lowest BCUT2D eigenvalue weighted by Gasteiger charge is -2.17. The Bertz CT molecular complexity index is 1470. The van der Waals surface area contributed by atoms with Crippen LogP contribution in [0.15, 0.2) is 77.7 Å². The number of aryl methyl sites for hydroxylation is 1. The van der Waals surface area contributed by atoms with Crippen molar-refractivity contribution in [3.05, 3.63) is 100 Å². The summed E-state index contributed by atoms with van der Waals surface area (Å²) in [5.41, 5.74) is -2.39. The number of rotatable bonds is 6. The fourth-order valence-corrected chi connectivity index (χ4v) is 3.35. The minimum absolute atomic E-state index is 0.0332. The number of nitrogens with one attached hydrogen (secondary N) is 1. The van der Waals surface area contributed by atoms with Crippen LogP contribution in [0.5, 0.6) is 17.4 Å². The second-order valence-corrected chi connectivity index (χ2v) is 7.51.